The summed E-state index contributed by atoms with van der Waals surface area (Å²) in [7, 11) is 0. The molecule has 0 saturated heterocycles. The van der Waals surface area contributed by atoms with Crippen molar-refractivity contribution in [1.29, 1.82) is 0 Å². The Labute approximate surface area is 133 Å². The van der Waals surface area contributed by atoms with E-state index in [4.69, 9.17) is 5.10 Å². The highest BCUT2D eigenvalue weighted by atomic mass is 32.1. The Morgan fingerprint density at radius 1 is 1.38 bits per heavy atom. The third-order valence-electron chi connectivity index (χ3n) is 3.45. The summed E-state index contributed by atoms with van der Waals surface area (Å²) in [6.07, 6.45) is 10.1. The van der Waals surface area contributed by atoms with Crippen LogP contribution >= 0.6 is 22.7 Å². The topological polar surface area (TPSA) is 29.6 Å². The fourth-order valence-corrected chi connectivity index (χ4v) is 4.06. The molecule has 5 heteroatoms. The number of nitrogens with zero attached hydrogens (tertiary/aromatic N) is 3. The normalized spacial score (nSPS) is 19.7. The maximum atomic E-state index is 4.75. The first-order valence-electron chi connectivity index (χ1n) is 7.33. The summed E-state index contributed by atoms with van der Waals surface area (Å²) in [6.45, 7) is 2.84. The number of aromatic nitrogens is 1. The summed E-state index contributed by atoms with van der Waals surface area (Å²) >= 11 is 3.40. The molecule has 2 heterocycles. The van der Waals surface area contributed by atoms with E-state index in [1.165, 1.54) is 11.3 Å². The van der Waals surface area contributed by atoms with Gasteiger partial charge < -0.3 is 0 Å². The molecule has 0 radical (unpaired) electrons. The summed E-state index contributed by atoms with van der Waals surface area (Å²) in [5.74, 6) is 0.549. The Kier molecular flexibility index (Phi) is 4.83. The van der Waals surface area contributed by atoms with E-state index in [2.05, 4.69) is 53.2 Å². The van der Waals surface area contributed by atoms with Crippen molar-refractivity contribution in [3.05, 3.63) is 39.8 Å². The van der Waals surface area contributed by atoms with Crippen LogP contribution in [0.3, 0.4) is 0 Å². The van der Waals surface area contributed by atoms with Gasteiger partial charge >= 0.3 is 0 Å². The summed E-state index contributed by atoms with van der Waals surface area (Å²) < 4.78 is 2.00. The summed E-state index contributed by atoms with van der Waals surface area (Å²) in [6, 6.07) is 4.21. The Morgan fingerprint density at radius 2 is 2.33 bits per heavy atom. The zero-order chi connectivity index (χ0) is 14.5. The van der Waals surface area contributed by atoms with E-state index < -0.39 is 0 Å². The second kappa shape index (κ2) is 7.00. The summed E-state index contributed by atoms with van der Waals surface area (Å²) in [5, 5.41) is 9.00. The number of allylic oxidation sites excluding steroid dienone is 2. The minimum Gasteiger partial charge on any atom is -0.258 e. The van der Waals surface area contributed by atoms with Crippen LogP contribution in [0.2, 0.25) is 0 Å². The molecule has 3 nitrogen and oxygen atoms in total. The zero-order valence-electron chi connectivity index (χ0n) is 12.1. The zero-order valence-corrected chi connectivity index (χ0v) is 13.7. The van der Waals surface area contributed by atoms with Crippen LogP contribution in [0.15, 0.2) is 45.1 Å². The van der Waals surface area contributed by atoms with Gasteiger partial charge in [0.2, 0.25) is 4.80 Å². The monoisotopic (exact) mass is 317 g/mol. The number of thiophene rings is 1. The molecule has 1 aliphatic carbocycles. The number of thiazole rings is 1. The molecule has 3 rings (SSSR count). The molecule has 0 amide bonds. The van der Waals surface area contributed by atoms with Crippen molar-refractivity contribution in [2.45, 2.75) is 26.2 Å². The maximum absolute atomic E-state index is 4.75. The Balaban J connectivity index is 1.95. The Bertz CT molecular complexity index is 689. The molecule has 2 aromatic heterocycles. The molecule has 0 spiro atoms. The molecule has 0 aliphatic heterocycles. The molecule has 1 aliphatic rings. The van der Waals surface area contributed by atoms with Crippen LogP contribution in [-0.2, 0) is 0 Å². The van der Waals surface area contributed by atoms with Crippen LogP contribution in [0.1, 0.15) is 26.2 Å². The molecule has 0 bridgehead atoms. The van der Waals surface area contributed by atoms with Gasteiger partial charge in [-0.25, -0.2) is 4.68 Å². The average Bonchev–Trinajstić information content (AvgIpc) is 3.16. The predicted molar refractivity (Wildman–Crippen MR) is 92.1 cm³/mol. The number of hydrogen-bond acceptors (Lipinski definition) is 4. The quantitative estimate of drug-likeness (QED) is 0.591. The SMILES string of the molecule is CCN=c1scc(-c2cccs2)n1N=CC1CC=CCC1. The fourth-order valence-electron chi connectivity index (χ4n) is 2.36. The van der Waals surface area contributed by atoms with Crippen molar-refractivity contribution in [2.75, 3.05) is 6.54 Å². The third kappa shape index (κ3) is 3.41. The van der Waals surface area contributed by atoms with Gasteiger partial charge in [0.25, 0.3) is 0 Å². The first kappa shape index (κ1) is 14.5. The molecule has 1 unspecified atom stereocenters. The Hall–Kier alpha value is -1.46. The van der Waals surface area contributed by atoms with Crippen molar-refractivity contribution in [3.8, 4) is 10.6 Å². The molecule has 0 fully saturated rings. The van der Waals surface area contributed by atoms with Crippen LogP contribution in [0.25, 0.3) is 10.6 Å². The number of rotatable bonds is 4. The van der Waals surface area contributed by atoms with E-state index in [-0.39, 0.29) is 0 Å². The first-order valence-corrected chi connectivity index (χ1v) is 9.08. The highest BCUT2D eigenvalue weighted by Gasteiger charge is 2.10. The van der Waals surface area contributed by atoms with Gasteiger partial charge in [0.15, 0.2) is 0 Å². The number of hydrogen-bond donors (Lipinski definition) is 0. The van der Waals surface area contributed by atoms with E-state index in [9.17, 15) is 0 Å². The maximum Gasteiger partial charge on any atom is 0.206 e. The van der Waals surface area contributed by atoms with Crippen molar-refractivity contribution < 1.29 is 0 Å². The van der Waals surface area contributed by atoms with Gasteiger partial charge in [-0.3, -0.25) is 4.99 Å². The summed E-state index contributed by atoms with van der Waals surface area (Å²) in [4.78, 5) is 6.78. The highest BCUT2D eigenvalue weighted by molar-refractivity contribution is 7.14. The van der Waals surface area contributed by atoms with Crippen LogP contribution in [0.4, 0.5) is 0 Å². The van der Waals surface area contributed by atoms with Gasteiger partial charge in [-0.15, -0.1) is 22.7 Å². The van der Waals surface area contributed by atoms with E-state index in [1.54, 1.807) is 22.7 Å². The fraction of sp³-hybridized carbons (Fsp3) is 0.375. The second-order valence-corrected chi connectivity index (χ2v) is 6.76. The first-order chi connectivity index (χ1) is 10.4. The minimum atomic E-state index is 0.549. The highest BCUT2D eigenvalue weighted by Crippen LogP contribution is 2.25. The molecule has 0 N–H and O–H groups in total. The van der Waals surface area contributed by atoms with E-state index in [0.717, 1.165) is 29.9 Å². The van der Waals surface area contributed by atoms with Crippen molar-refractivity contribution in [2.24, 2.45) is 16.0 Å². The van der Waals surface area contributed by atoms with Gasteiger partial charge in [0.1, 0.15) is 0 Å². The van der Waals surface area contributed by atoms with Gasteiger partial charge in [0, 0.05) is 18.1 Å². The largest absolute Gasteiger partial charge is 0.258 e. The lowest BCUT2D eigenvalue weighted by molar-refractivity contribution is 0.621. The van der Waals surface area contributed by atoms with Crippen LogP contribution < -0.4 is 4.80 Å². The van der Waals surface area contributed by atoms with Gasteiger partial charge in [0.05, 0.1) is 10.6 Å². The van der Waals surface area contributed by atoms with Crippen molar-refractivity contribution >= 4 is 28.9 Å². The van der Waals surface area contributed by atoms with E-state index >= 15 is 0 Å². The average molecular weight is 317 g/mol. The molecule has 2 aromatic rings. The van der Waals surface area contributed by atoms with Gasteiger partial charge in [-0.1, -0.05) is 18.2 Å². The Morgan fingerprint density at radius 3 is 3.05 bits per heavy atom. The van der Waals surface area contributed by atoms with E-state index in [1.807, 2.05) is 4.68 Å². The standard InChI is InChI=1S/C16H19N3S2/c1-2-17-16-19(18-11-13-7-4-3-5-8-13)14(12-21-16)15-9-6-10-20-15/h3-4,6,9-13H,2,5,7-8H2,1H3. The van der Waals surface area contributed by atoms with Crippen molar-refractivity contribution in [3.63, 3.8) is 0 Å². The lowest BCUT2D eigenvalue weighted by atomic mass is 9.96. The van der Waals surface area contributed by atoms with Crippen LogP contribution in [0, 0.1) is 5.92 Å². The second-order valence-electron chi connectivity index (χ2n) is 4.98. The summed E-state index contributed by atoms with van der Waals surface area (Å²) in [5.41, 5.74) is 1.14. The molecule has 0 saturated carbocycles. The smallest absolute Gasteiger partial charge is 0.206 e. The molecule has 110 valence electrons. The molecule has 1 atom stereocenters. The lowest BCUT2D eigenvalue weighted by Crippen LogP contribution is -2.14. The van der Waals surface area contributed by atoms with Crippen LogP contribution in [0.5, 0.6) is 0 Å². The van der Waals surface area contributed by atoms with Gasteiger partial charge in [-0.05, 0) is 43.6 Å². The third-order valence-corrected chi connectivity index (χ3v) is 5.20. The predicted octanol–water partition coefficient (Wildman–Crippen LogP) is 4.39. The molecule has 21 heavy (non-hydrogen) atoms. The van der Waals surface area contributed by atoms with Crippen molar-refractivity contribution in [1.82, 2.24) is 4.68 Å². The molecular formula is C16H19N3S2. The van der Waals surface area contributed by atoms with Crippen LogP contribution in [-0.4, -0.2) is 17.4 Å². The molecule has 0 aromatic carbocycles. The minimum absolute atomic E-state index is 0.549. The molecular weight excluding hydrogens is 298 g/mol. The van der Waals surface area contributed by atoms with Gasteiger partial charge in [-0.2, -0.15) is 5.10 Å². The van der Waals surface area contributed by atoms with E-state index in [0.29, 0.717) is 5.92 Å². The lowest BCUT2D eigenvalue weighted by Gasteiger charge is -2.12.